The molecule has 0 radical (unpaired) electrons. The maximum absolute atomic E-state index is 12.5. The first-order valence-corrected chi connectivity index (χ1v) is 9.40. The summed E-state index contributed by atoms with van der Waals surface area (Å²) in [6, 6.07) is 10.8. The van der Waals surface area contributed by atoms with Gasteiger partial charge in [-0.1, -0.05) is 30.3 Å². The van der Waals surface area contributed by atoms with Gasteiger partial charge in [-0.25, -0.2) is 0 Å². The number of hydrogen-bond donors (Lipinski definition) is 1. The topological polar surface area (TPSA) is 77.4 Å². The zero-order valence-electron chi connectivity index (χ0n) is 17.1. The summed E-state index contributed by atoms with van der Waals surface area (Å²) in [6.45, 7) is 9.04. The van der Waals surface area contributed by atoms with E-state index in [2.05, 4.69) is 23.7 Å². The Morgan fingerprint density at radius 1 is 1.11 bits per heavy atom. The minimum Gasteiger partial charge on any atom is -0.457 e. The van der Waals surface area contributed by atoms with Gasteiger partial charge in [0.1, 0.15) is 0 Å². The highest BCUT2D eigenvalue weighted by Crippen LogP contribution is 2.21. The Hall–Kier alpha value is -2.89. The molecule has 0 bridgehead atoms. The standard InChI is InChI=1S/C22H28N2O4/c1-14(2)24-15(3)11-19(16(24)4)21(26)13-28-22(27)12-20(23-17(5)25)18-9-7-6-8-10-18/h6-11,14,20H,12-13H2,1-5H3,(H,23,25)/t20-/m0/s1. The number of esters is 1. The second-order valence-electron chi connectivity index (χ2n) is 7.20. The lowest BCUT2D eigenvalue weighted by Gasteiger charge is -2.17. The van der Waals surface area contributed by atoms with Crippen LogP contribution in [0.3, 0.4) is 0 Å². The number of amides is 1. The third-order valence-corrected chi connectivity index (χ3v) is 4.62. The first kappa shape index (κ1) is 21.4. The lowest BCUT2D eigenvalue weighted by Crippen LogP contribution is -2.29. The number of nitrogens with zero attached hydrogens (tertiary/aromatic N) is 1. The molecule has 0 fully saturated rings. The van der Waals surface area contributed by atoms with Gasteiger partial charge in [0.05, 0.1) is 12.5 Å². The van der Waals surface area contributed by atoms with E-state index >= 15 is 0 Å². The number of benzene rings is 1. The van der Waals surface area contributed by atoms with Crippen LogP contribution < -0.4 is 5.32 Å². The maximum Gasteiger partial charge on any atom is 0.308 e. The number of hydrogen-bond acceptors (Lipinski definition) is 4. The molecule has 150 valence electrons. The van der Waals surface area contributed by atoms with E-state index < -0.39 is 12.0 Å². The molecular formula is C22H28N2O4. The SMILES string of the molecule is CC(=O)N[C@@H](CC(=O)OCC(=O)c1cc(C)n(C(C)C)c1C)c1ccccc1. The van der Waals surface area contributed by atoms with E-state index in [1.807, 2.05) is 50.2 Å². The first-order chi connectivity index (χ1) is 13.2. The lowest BCUT2D eigenvalue weighted by molar-refractivity contribution is -0.143. The molecule has 1 atom stereocenters. The summed E-state index contributed by atoms with van der Waals surface area (Å²) < 4.78 is 7.29. The summed E-state index contributed by atoms with van der Waals surface area (Å²) in [5.74, 6) is -1.00. The molecule has 6 nitrogen and oxygen atoms in total. The van der Waals surface area contributed by atoms with E-state index in [-0.39, 0.29) is 30.8 Å². The van der Waals surface area contributed by atoms with Gasteiger partial charge in [-0.15, -0.1) is 0 Å². The van der Waals surface area contributed by atoms with Crippen molar-refractivity contribution in [1.29, 1.82) is 0 Å². The molecule has 1 aromatic heterocycles. The number of ether oxygens (including phenoxy) is 1. The molecule has 1 amide bonds. The number of ketones is 1. The van der Waals surface area contributed by atoms with Gasteiger partial charge < -0.3 is 14.6 Å². The van der Waals surface area contributed by atoms with E-state index in [0.717, 1.165) is 17.0 Å². The van der Waals surface area contributed by atoms with E-state index in [9.17, 15) is 14.4 Å². The van der Waals surface area contributed by atoms with Gasteiger partial charge in [-0.2, -0.15) is 0 Å². The van der Waals surface area contributed by atoms with E-state index in [1.54, 1.807) is 0 Å². The van der Waals surface area contributed by atoms with Crippen molar-refractivity contribution in [3.63, 3.8) is 0 Å². The zero-order chi connectivity index (χ0) is 20.8. The highest BCUT2D eigenvalue weighted by atomic mass is 16.5. The van der Waals surface area contributed by atoms with Crippen molar-refractivity contribution in [2.45, 2.75) is 53.1 Å². The Bertz CT molecular complexity index is 853. The van der Waals surface area contributed by atoms with Crippen LogP contribution in [0.2, 0.25) is 0 Å². The number of aromatic nitrogens is 1. The van der Waals surface area contributed by atoms with Gasteiger partial charge in [0, 0.05) is 29.9 Å². The number of nitrogens with one attached hydrogen (secondary N) is 1. The summed E-state index contributed by atoms with van der Waals surface area (Å²) >= 11 is 0. The largest absolute Gasteiger partial charge is 0.457 e. The first-order valence-electron chi connectivity index (χ1n) is 9.40. The fourth-order valence-corrected chi connectivity index (χ4v) is 3.49. The summed E-state index contributed by atoms with van der Waals surface area (Å²) in [4.78, 5) is 36.3. The van der Waals surface area contributed by atoms with Crippen molar-refractivity contribution >= 4 is 17.7 Å². The van der Waals surface area contributed by atoms with Gasteiger partial charge in [-0.3, -0.25) is 14.4 Å². The third kappa shape index (κ3) is 5.31. The van der Waals surface area contributed by atoms with Crippen molar-refractivity contribution in [1.82, 2.24) is 9.88 Å². The quantitative estimate of drug-likeness (QED) is 0.556. The van der Waals surface area contributed by atoms with E-state index in [0.29, 0.717) is 5.56 Å². The highest BCUT2D eigenvalue weighted by molar-refractivity contribution is 5.99. The number of carbonyl (C=O) groups is 3. The van der Waals surface area contributed by atoms with Crippen molar-refractivity contribution in [2.75, 3.05) is 6.61 Å². The van der Waals surface area contributed by atoms with Crippen LogP contribution in [-0.4, -0.2) is 28.8 Å². The molecule has 0 unspecified atom stereocenters. The molecule has 0 spiro atoms. The predicted molar refractivity (Wildman–Crippen MR) is 107 cm³/mol. The predicted octanol–water partition coefficient (Wildman–Crippen LogP) is 3.68. The summed E-state index contributed by atoms with van der Waals surface area (Å²) in [5, 5.41) is 2.75. The fraction of sp³-hybridized carbons (Fsp3) is 0.409. The summed E-state index contributed by atoms with van der Waals surface area (Å²) in [7, 11) is 0. The fourth-order valence-electron chi connectivity index (χ4n) is 3.49. The molecule has 0 saturated carbocycles. The normalized spacial score (nSPS) is 11.9. The van der Waals surface area contributed by atoms with Crippen LogP contribution in [0, 0.1) is 13.8 Å². The number of carbonyl (C=O) groups excluding carboxylic acids is 3. The molecule has 1 heterocycles. The number of rotatable bonds is 8. The molecule has 0 saturated heterocycles. The van der Waals surface area contributed by atoms with E-state index in [4.69, 9.17) is 4.74 Å². The minimum absolute atomic E-state index is 0.0398. The molecule has 2 rings (SSSR count). The van der Waals surface area contributed by atoms with Crippen molar-refractivity contribution < 1.29 is 19.1 Å². The van der Waals surface area contributed by atoms with Gasteiger partial charge in [0.2, 0.25) is 11.7 Å². The van der Waals surface area contributed by atoms with Crippen LogP contribution in [0.25, 0.3) is 0 Å². The monoisotopic (exact) mass is 384 g/mol. The van der Waals surface area contributed by atoms with Crippen LogP contribution in [-0.2, 0) is 14.3 Å². The molecule has 28 heavy (non-hydrogen) atoms. The summed E-state index contributed by atoms with van der Waals surface area (Å²) in [5.41, 5.74) is 3.24. The lowest BCUT2D eigenvalue weighted by atomic mass is 10.0. The molecule has 1 aromatic carbocycles. The number of aryl methyl sites for hydroxylation is 1. The maximum atomic E-state index is 12.5. The second kappa shape index (κ2) is 9.35. The Kier molecular flexibility index (Phi) is 7.15. The van der Waals surface area contributed by atoms with Gasteiger partial charge >= 0.3 is 5.97 Å². The van der Waals surface area contributed by atoms with Crippen LogP contribution in [0.15, 0.2) is 36.4 Å². The minimum atomic E-state index is -0.534. The van der Waals surface area contributed by atoms with Crippen LogP contribution in [0.5, 0.6) is 0 Å². The second-order valence-corrected chi connectivity index (χ2v) is 7.20. The van der Waals surface area contributed by atoms with Crippen LogP contribution in [0.1, 0.15) is 66.6 Å². The molecule has 2 aromatic rings. The highest BCUT2D eigenvalue weighted by Gasteiger charge is 2.21. The Morgan fingerprint density at radius 2 is 1.75 bits per heavy atom. The van der Waals surface area contributed by atoms with E-state index in [1.165, 1.54) is 6.92 Å². The molecule has 0 aliphatic heterocycles. The zero-order valence-corrected chi connectivity index (χ0v) is 17.1. The van der Waals surface area contributed by atoms with Crippen molar-refractivity contribution in [3.05, 3.63) is 58.9 Å². The molecule has 1 N–H and O–H groups in total. The average Bonchev–Trinajstić information content (AvgIpc) is 2.94. The molecular weight excluding hydrogens is 356 g/mol. The Morgan fingerprint density at radius 3 is 2.29 bits per heavy atom. The van der Waals surface area contributed by atoms with Crippen molar-refractivity contribution in [3.8, 4) is 0 Å². The average molecular weight is 384 g/mol. The Labute approximate surface area is 165 Å². The number of Topliss-reactive ketones (excluding diaryl/α,β-unsaturated/α-hetero) is 1. The summed E-state index contributed by atoms with van der Waals surface area (Å²) in [6.07, 6.45) is -0.0398. The van der Waals surface area contributed by atoms with Crippen LogP contribution >= 0.6 is 0 Å². The third-order valence-electron chi connectivity index (χ3n) is 4.62. The molecule has 0 aliphatic rings. The smallest absolute Gasteiger partial charge is 0.308 e. The van der Waals surface area contributed by atoms with Crippen molar-refractivity contribution in [2.24, 2.45) is 0 Å². The molecule has 0 aliphatic carbocycles. The Balaban J connectivity index is 2.02. The van der Waals surface area contributed by atoms with Gasteiger partial charge in [-0.05, 0) is 39.3 Å². The van der Waals surface area contributed by atoms with Gasteiger partial charge in [0.15, 0.2) is 6.61 Å². The van der Waals surface area contributed by atoms with Crippen LogP contribution in [0.4, 0.5) is 0 Å². The molecule has 6 heteroatoms. The van der Waals surface area contributed by atoms with Gasteiger partial charge in [0.25, 0.3) is 0 Å².